The average Bonchev–Trinajstić information content (AvgIpc) is 2.03. The standard InChI is InChI=1S/C9H20N2O2/c1-4-10-9(12)11-5-6-13-7-8(2)3/h8H,4-7H2,1-3H3,(H2,10,11,12). The van der Waals surface area contributed by atoms with Crippen molar-refractivity contribution >= 4 is 6.03 Å². The van der Waals surface area contributed by atoms with Gasteiger partial charge in [-0.2, -0.15) is 0 Å². The maximum atomic E-state index is 10.9. The first kappa shape index (κ1) is 12.2. The molecular weight excluding hydrogens is 168 g/mol. The smallest absolute Gasteiger partial charge is 0.314 e. The van der Waals surface area contributed by atoms with E-state index < -0.39 is 0 Å². The van der Waals surface area contributed by atoms with Crippen molar-refractivity contribution in [2.45, 2.75) is 20.8 Å². The van der Waals surface area contributed by atoms with E-state index in [2.05, 4.69) is 24.5 Å². The Bertz CT molecular complexity index is 138. The summed E-state index contributed by atoms with van der Waals surface area (Å²) in [7, 11) is 0. The van der Waals surface area contributed by atoms with Crippen molar-refractivity contribution in [3.63, 3.8) is 0 Å². The summed E-state index contributed by atoms with van der Waals surface area (Å²) in [6, 6.07) is -0.129. The van der Waals surface area contributed by atoms with Crippen LogP contribution in [0.15, 0.2) is 0 Å². The van der Waals surface area contributed by atoms with Gasteiger partial charge in [0.15, 0.2) is 0 Å². The van der Waals surface area contributed by atoms with Gasteiger partial charge in [-0.1, -0.05) is 13.8 Å². The second kappa shape index (κ2) is 7.86. The quantitative estimate of drug-likeness (QED) is 0.610. The minimum atomic E-state index is -0.129. The number of carbonyl (C=O) groups excluding carboxylic acids is 1. The molecule has 0 rings (SSSR count). The molecule has 2 amide bonds. The maximum Gasteiger partial charge on any atom is 0.314 e. The van der Waals surface area contributed by atoms with Crippen molar-refractivity contribution in [2.24, 2.45) is 5.92 Å². The van der Waals surface area contributed by atoms with Gasteiger partial charge in [0.2, 0.25) is 0 Å². The number of urea groups is 1. The SMILES string of the molecule is CCNC(=O)NCCOCC(C)C. The molecule has 0 saturated carbocycles. The Morgan fingerprint density at radius 1 is 1.38 bits per heavy atom. The van der Waals surface area contributed by atoms with Crippen LogP contribution in [0.2, 0.25) is 0 Å². The fourth-order valence-electron chi connectivity index (χ4n) is 0.779. The summed E-state index contributed by atoms with van der Waals surface area (Å²) in [5.74, 6) is 0.546. The van der Waals surface area contributed by atoms with Gasteiger partial charge < -0.3 is 15.4 Å². The van der Waals surface area contributed by atoms with Crippen LogP contribution in [0.4, 0.5) is 4.79 Å². The molecule has 0 atom stereocenters. The second-order valence-electron chi connectivity index (χ2n) is 3.25. The Morgan fingerprint density at radius 3 is 2.62 bits per heavy atom. The van der Waals surface area contributed by atoms with Crippen LogP contribution in [0.5, 0.6) is 0 Å². The highest BCUT2D eigenvalue weighted by Gasteiger charge is 1.96. The van der Waals surface area contributed by atoms with Crippen LogP contribution < -0.4 is 10.6 Å². The Hall–Kier alpha value is -0.770. The van der Waals surface area contributed by atoms with E-state index in [9.17, 15) is 4.79 Å². The molecule has 0 fully saturated rings. The lowest BCUT2D eigenvalue weighted by molar-refractivity contribution is 0.112. The number of hydrogen-bond acceptors (Lipinski definition) is 2. The molecule has 0 aliphatic rings. The number of rotatable bonds is 6. The fraction of sp³-hybridized carbons (Fsp3) is 0.889. The molecular formula is C9H20N2O2. The van der Waals surface area contributed by atoms with Crippen LogP contribution >= 0.6 is 0 Å². The molecule has 0 aromatic heterocycles. The molecule has 0 bridgehead atoms. The van der Waals surface area contributed by atoms with Gasteiger partial charge in [0.05, 0.1) is 6.61 Å². The molecule has 0 unspecified atom stereocenters. The molecule has 0 aliphatic carbocycles. The molecule has 4 heteroatoms. The summed E-state index contributed by atoms with van der Waals surface area (Å²) in [5.41, 5.74) is 0. The molecule has 0 aromatic carbocycles. The minimum Gasteiger partial charge on any atom is -0.379 e. The lowest BCUT2D eigenvalue weighted by atomic mass is 10.2. The van der Waals surface area contributed by atoms with Crippen LogP contribution in [0.3, 0.4) is 0 Å². The zero-order valence-electron chi connectivity index (χ0n) is 8.72. The third-order valence-corrected chi connectivity index (χ3v) is 1.32. The van der Waals surface area contributed by atoms with Crippen LogP contribution in [-0.4, -0.2) is 32.3 Å². The van der Waals surface area contributed by atoms with Gasteiger partial charge in [0, 0.05) is 19.7 Å². The van der Waals surface area contributed by atoms with Crippen LogP contribution in [-0.2, 0) is 4.74 Å². The third-order valence-electron chi connectivity index (χ3n) is 1.32. The zero-order valence-corrected chi connectivity index (χ0v) is 8.72. The largest absolute Gasteiger partial charge is 0.379 e. The Balaban J connectivity index is 3.11. The molecule has 0 saturated heterocycles. The molecule has 0 heterocycles. The summed E-state index contributed by atoms with van der Waals surface area (Å²) in [5, 5.41) is 5.32. The number of amides is 2. The summed E-state index contributed by atoms with van der Waals surface area (Å²) in [6.07, 6.45) is 0. The predicted octanol–water partition coefficient (Wildman–Crippen LogP) is 0.978. The van der Waals surface area contributed by atoms with Crippen molar-refractivity contribution in [3.05, 3.63) is 0 Å². The molecule has 78 valence electrons. The van der Waals surface area contributed by atoms with E-state index in [0.717, 1.165) is 6.61 Å². The van der Waals surface area contributed by atoms with Crippen molar-refractivity contribution in [1.82, 2.24) is 10.6 Å². The summed E-state index contributed by atoms with van der Waals surface area (Å²) < 4.78 is 5.28. The fourth-order valence-corrected chi connectivity index (χ4v) is 0.779. The van der Waals surface area contributed by atoms with Gasteiger partial charge >= 0.3 is 6.03 Å². The lowest BCUT2D eigenvalue weighted by Gasteiger charge is -2.08. The van der Waals surface area contributed by atoms with E-state index in [1.165, 1.54) is 0 Å². The van der Waals surface area contributed by atoms with Gasteiger partial charge in [-0.3, -0.25) is 0 Å². The van der Waals surface area contributed by atoms with Gasteiger partial charge in [-0.25, -0.2) is 4.79 Å². The van der Waals surface area contributed by atoms with Crippen LogP contribution in [0.25, 0.3) is 0 Å². The van der Waals surface area contributed by atoms with E-state index in [1.807, 2.05) is 6.92 Å². The van der Waals surface area contributed by atoms with E-state index in [4.69, 9.17) is 4.74 Å². The molecule has 2 N–H and O–H groups in total. The molecule has 0 spiro atoms. The average molecular weight is 188 g/mol. The Morgan fingerprint density at radius 2 is 2.08 bits per heavy atom. The topological polar surface area (TPSA) is 50.4 Å². The number of nitrogens with one attached hydrogen (secondary N) is 2. The number of hydrogen-bond donors (Lipinski definition) is 2. The first-order valence-electron chi connectivity index (χ1n) is 4.76. The lowest BCUT2D eigenvalue weighted by Crippen LogP contribution is -2.37. The zero-order chi connectivity index (χ0) is 10.1. The Kier molecular flexibility index (Phi) is 7.39. The molecule has 4 nitrogen and oxygen atoms in total. The first-order valence-corrected chi connectivity index (χ1v) is 4.76. The molecule has 0 aromatic rings. The van der Waals surface area contributed by atoms with Gasteiger partial charge in [0.1, 0.15) is 0 Å². The molecule has 0 aliphatic heterocycles. The monoisotopic (exact) mass is 188 g/mol. The van der Waals surface area contributed by atoms with E-state index >= 15 is 0 Å². The third kappa shape index (κ3) is 9.14. The Labute approximate surface area is 80.0 Å². The van der Waals surface area contributed by atoms with E-state index in [-0.39, 0.29) is 6.03 Å². The highest BCUT2D eigenvalue weighted by Crippen LogP contribution is 1.90. The highest BCUT2D eigenvalue weighted by atomic mass is 16.5. The summed E-state index contributed by atoms with van der Waals surface area (Å²) in [4.78, 5) is 10.9. The summed E-state index contributed by atoms with van der Waals surface area (Å²) in [6.45, 7) is 8.62. The second-order valence-corrected chi connectivity index (χ2v) is 3.25. The van der Waals surface area contributed by atoms with Crippen molar-refractivity contribution in [2.75, 3.05) is 26.3 Å². The number of ether oxygens (including phenoxy) is 1. The normalized spacial score (nSPS) is 10.2. The van der Waals surface area contributed by atoms with Crippen LogP contribution in [0, 0.1) is 5.92 Å². The first-order chi connectivity index (χ1) is 6.16. The minimum absolute atomic E-state index is 0.129. The highest BCUT2D eigenvalue weighted by molar-refractivity contribution is 5.73. The predicted molar refractivity (Wildman–Crippen MR) is 52.7 cm³/mol. The molecule has 13 heavy (non-hydrogen) atoms. The molecule has 0 radical (unpaired) electrons. The van der Waals surface area contributed by atoms with E-state index in [0.29, 0.717) is 25.6 Å². The van der Waals surface area contributed by atoms with Crippen molar-refractivity contribution in [1.29, 1.82) is 0 Å². The summed E-state index contributed by atoms with van der Waals surface area (Å²) >= 11 is 0. The van der Waals surface area contributed by atoms with Gasteiger partial charge in [-0.05, 0) is 12.8 Å². The van der Waals surface area contributed by atoms with Crippen molar-refractivity contribution in [3.8, 4) is 0 Å². The van der Waals surface area contributed by atoms with Gasteiger partial charge in [-0.15, -0.1) is 0 Å². The van der Waals surface area contributed by atoms with Crippen molar-refractivity contribution < 1.29 is 9.53 Å². The maximum absolute atomic E-state index is 10.9. The van der Waals surface area contributed by atoms with Gasteiger partial charge in [0.25, 0.3) is 0 Å². The van der Waals surface area contributed by atoms with E-state index in [1.54, 1.807) is 0 Å². The van der Waals surface area contributed by atoms with Crippen LogP contribution in [0.1, 0.15) is 20.8 Å². The number of carbonyl (C=O) groups is 1.